The molecule has 2 aromatic heterocycles. The Labute approximate surface area is 205 Å². The molecule has 0 bridgehead atoms. The van der Waals surface area contributed by atoms with Gasteiger partial charge in [0.25, 0.3) is 0 Å². The Bertz CT molecular complexity index is 1470. The zero-order valence-corrected chi connectivity index (χ0v) is 20.7. The number of nitrogens with zero attached hydrogens (tertiary/aromatic N) is 4. The second-order valence-corrected chi connectivity index (χ2v) is 10.8. The summed E-state index contributed by atoms with van der Waals surface area (Å²) in [6.45, 7) is 5.67. The number of H-pyrrole nitrogens is 1. The standard InChI is InChI=1S/C26H24BrN5O2/c1-26(2,3)34-25(33)32-22-9-5-15(22)11-23(32)24-30-18-7-4-14(10-20(18)31-24)21-13-28-19-12-16(27)6-8-17(19)29-21/h4-10,12-13,15,22-23H,11H2,1-3H3,(H,30,31)/t15-,22-,23+/m1/s1. The Hall–Kier alpha value is -3.26. The molecule has 4 aromatic rings. The molecule has 0 unspecified atom stereocenters. The predicted octanol–water partition coefficient (Wildman–Crippen LogP) is 6.17. The van der Waals surface area contributed by atoms with E-state index < -0.39 is 5.60 Å². The molecule has 0 saturated carbocycles. The predicted molar refractivity (Wildman–Crippen MR) is 134 cm³/mol. The van der Waals surface area contributed by atoms with Gasteiger partial charge in [0.05, 0.1) is 46.0 Å². The van der Waals surface area contributed by atoms with Gasteiger partial charge in [-0.15, -0.1) is 0 Å². The highest BCUT2D eigenvalue weighted by Crippen LogP contribution is 2.45. The van der Waals surface area contributed by atoms with Crippen LogP contribution in [-0.4, -0.2) is 42.6 Å². The quantitative estimate of drug-likeness (QED) is 0.321. The van der Waals surface area contributed by atoms with Crippen LogP contribution in [0.3, 0.4) is 0 Å². The van der Waals surface area contributed by atoms with Gasteiger partial charge in [0.15, 0.2) is 0 Å². The molecule has 3 heterocycles. The summed E-state index contributed by atoms with van der Waals surface area (Å²) in [4.78, 5) is 32.5. The van der Waals surface area contributed by atoms with Crippen molar-refractivity contribution in [2.24, 2.45) is 5.92 Å². The lowest BCUT2D eigenvalue weighted by Gasteiger charge is -2.33. The number of benzene rings is 2. The lowest BCUT2D eigenvalue weighted by molar-refractivity contribution is 0.0157. The summed E-state index contributed by atoms with van der Waals surface area (Å²) in [6, 6.07) is 11.8. The molecule has 2 aromatic carbocycles. The van der Waals surface area contributed by atoms with Crippen molar-refractivity contribution in [3.8, 4) is 11.3 Å². The van der Waals surface area contributed by atoms with E-state index in [9.17, 15) is 4.79 Å². The summed E-state index contributed by atoms with van der Waals surface area (Å²) < 4.78 is 6.69. The number of carbonyl (C=O) groups excluding carboxylic acids is 1. The van der Waals surface area contributed by atoms with Crippen molar-refractivity contribution in [2.45, 2.75) is 44.9 Å². The first-order valence-electron chi connectivity index (χ1n) is 11.4. The van der Waals surface area contributed by atoms with Crippen LogP contribution in [0.4, 0.5) is 4.79 Å². The van der Waals surface area contributed by atoms with Gasteiger partial charge in [-0.1, -0.05) is 34.1 Å². The Morgan fingerprint density at radius 1 is 1.09 bits per heavy atom. The molecule has 1 fully saturated rings. The third-order valence-corrected chi connectivity index (χ3v) is 6.86. The van der Waals surface area contributed by atoms with Gasteiger partial charge in [-0.05, 0) is 57.5 Å². The summed E-state index contributed by atoms with van der Waals surface area (Å²) in [5, 5.41) is 0. The van der Waals surface area contributed by atoms with Gasteiger partial charge in [-0.2, -0.15) is 0 Å². The highest BCUT2D eigenvalue weighted by Gasteiger charge is 2.48. The number of amides is 1. The maximum atomic E-state index is 13.0. The highest BCUT2D eigenvalue weighted by molar-refractivity contribution is 9.10. The van der Waals surface area contributed by atoms with E-state index in [4.69, 9.17) is 14.7 Å². The lowest BCUT2D eigenvalue weighted by Crippen LogP contribution is -2.43. The fraction of sp³-hybridized carbons (Fsp3) is 0.308. The van der Waals surface area contributed by atoms with E-state index in [0.29, 0.717) is 5.92 Å². The van der Waals surface area contributed by atoms with Gasteiger partial charge < -0.3 is 9.72 Å². The fourth-order valence-electron chi connectivity index (χ4n) is 4.74. The van der Waals surface area contributed by atoms with Crippen molar-refractivity contribution >= 4 is 44.1 Å². The second-order valence-electron chi connectivity index (χ2n) is 9.92. The number of hydrogen-bond donors (Lipinski definition) is 1. The van der Waals surface area contributed by atoms with E-state index in [0.717, 1.165) is 50.0 Å². The molecule has 172 valence electrons. The number of nitrogens with one attached hydrogen (secondary N) is 1. The smallest absolute Gasteiger partial charge is 0.411 e. The molecule has 1 aliphatic heterocycles. The van der Waals surface area contributed by atoms with Crippen molar-refractivity contribution in [2.75, 3.05) is 0 Å². The highest BCUT2D eigenvalue weighted by atomic mass is 79.9. The zero-order valence-electron chi connectivity index (χ0n) is 19.1. The molecule has 1 saturated heterocycles. The number of fused-ring (bicyclic) bond motifs is 3. The van der Waals surface area contributed by atoms with Crippen molar-refractivity contribution < 1.29 is 9.53 Å². The van der Waals surface area contributed by atoms with Crippen LogP contribution in [0.2, 0.25) is 0 Å². The van der Waals surface area contributed by atoms with Crippen LogP contribution >= 0.6 is 15.9 Å². The number of likely N-dealkylation sites (tertiary alicyclic amines) is 1. The van der Waals surface area contributed by atoms with Crippen LogP contribution in [0.1, 0.15) is 39.1 Å². The van der Waals surface area contributed by atoms with E-state index in [1.165, 1.54) is 0 Å². The molecule has 3 atom stereocenters. The average Bonchev–Trinajstić information content (AvgIpc) is 3.29. The van der Waals surface area contributed by atoms with Crippen LogP contribution in [0.5, 0.6) is 0 Å². The van der Waals surface area contributed by atoms with E-state index in [1.54, 1.807) is 6.20 Å². The molecule has 1 amide bonds. The van der Waals surface area contributed by atoms with Gasteiger partial charge >= 0.3 is 6.09 Å². The molecule has 2 aliphatic rings. The molecule has 1 aliphatic carbocycles. The number of imidazole rings is 1. The molecule has 0 spiro atoms. The Morgan fingerprint density at radius 3 is 2.68 bits per heavy atom. The van der Waals surface area contributed by atoms with Crippen molar-refractivity contribution in [3.63, 3.8) is 0 Å². The monoisotopic (exact) mass is 517 g/mol. The first kappa shape index (κ1) is 21.3. The van der Waals surface area contributed by atoms with Crippen LogP contribution in [0, 0.1) is 5.92 Å². The Morgan fingerprint density at radius 2 is 1.91 bits per heavy atom. The Kier molecular flexibility index (Phi) is 4.78. The summed E-state index contributed by atoms with van der Waals surface area (Å²) in [5.41, 5.74) is 4.65. The molecule has 1 N–H and O–H groups in total. The van der Waals surface area contributed by atoms with Gasteiger partial charge in [-0.3, -0.25) is 9.88 Å². The van der Waals surface area contributed by atoms with Crippen LogP contribution in [0.15, 0.2) is 59.2 Å². The summed E-state index contributed by atoms with van der Waals surface area (Å²) in [6.07, 6.45) is 6.57. The first-order valence-corrected chi connectivity index (χ1v) is 12.2. The SMILES string of the molecule is CC(C)(C)OC(=O)N1[C@@H]2C=C[C@@H]2C[C@H]1c1nc2ccc(-c3cnc4cc(Br)ccc4n3)cc2[nH]1. The number of aromatic amines is 1. The maximum Gasteiger partial charge on any atom is 0.411 e. The van der Waals surface area contributed by atoms with Gasteiger partial charge in [0, 0.05) is 16.0 Å². The molecule has 6 rings (SSSR count). The Balaban J connectivity index is 1.33. The molecule has 8 heteroatoms. The van der Waals surface area contributed by atoms with E-state index in [2.05, 4.69) is 38.0 Å². The minimum atomic E-state index is -0.549. The third-order valence-electron chi connectivity index (χ3n) is 6.37. The number of rotatable bonds is 2. The van der Waals surface area contributed by atoms with Gasteiger partial charge in [-0.25, -0.2) is 14.8 Å². The minimum absolute atomic E-state index is 0.0662. The number of carbonyl (C=O) groups is 1. The fourth-order valence-corrected chi connectivity index (χ4v) is 5.09. The number of halogens is 1. The minimum Gasteiger partial charge on any atom is -0.444 e. The van der Waals surface area contributed by atoms with E-state index in [-0.39, 0.29) is 18.2 Å². The summed E-state index contributed by atoms with van der Waals surface area (Å²) in [5.74, 6) is 1.12. The maximum absolute atomic E-state index is 13.0. The average molecular weight is 518 g/mol. The number of ether oxygens (including phenoxy) is 1. The summed E-state index contributed by atoms with van der Waals surface area (Å²) >= 11 is 3.48. The topological polar surface area (TPSA) is 84.0 Å². The molecule has 0 radical (unpaired) electrons. The number of aromatic nitrogens is 4. The lowest BCUT2D eigenvalue weighted by atomic mass is 9.89. The van der Waals surface area contributed by atoms with Crippen molar-refractivity contribution in [1.29, 1.82) is 0 Å². The molecular formula is C26H24BrN5O2. The first-order chi connectivity index (χ1) is 16.2. The molecule has 34 heavy (non-hydrogen) atoms. The molecule has 7 nitrogen and oxygen atoms in total. The van der Waals surface area contributed by atoms with Gasteiger partial charge in [0.1, 0.15) is 11.4 Å². The van der Waals surface area contributed by atoms with E-state index in [1.807, 2.05) is 62.1 Å². The summed E-state index contributed by atoms with van der Waals surface area (Å²) in [7, 11) is 0. The van der Waals surface area contributed by atoms with Crippen molar-refractivity contribution in [1.82, 2.24) is 24.8 Å². The third kappa shape index (κ3) is 3.66. The van der Waals surface area contributed by atoms with Crippen LogP contribution in [0.25, 0.3) is 33.3 Å². The molecular weight excluding hydrogens is 494 g/mol. The van der Waals surface area contributed by atoms with Gasteiger partial charge in [0.2, 0.25) is 0 Å². The van der Waals surface area contributed by atoms with Crippen LogP contribution < -0.4 is 0 Å². The number of hydrogen-bond acceptors (Lipinski definition) is 5. The normalized spacial score (nSPS) is 21.6. The van der Waals surface area contributed by atoms with Crippen molar-refractivity contribution in [3.05, 3.63) is 65.0 Å². The largest absolute Gasteiger partial charge is 0.444 e. The van der Waals surface area contributed by atoms with Crippen LogP contribution in [-0.2, 0) is 4.74 Å². The van der Waals surface area contributed by atoms with E-state index >= 15 is 0 Å². The second kappa shape index (κ2) is 7.63. The zero-order chi connectivity index (χ0) is 23.6.